The summed E-state index contributed by atoms with van der Waals surface area (Å²) in [7, 11) is 0. The van der Waals surface area contributed by atoms with Crippen LogP contribution in [0.1, 0.15) is 0 Å². The lowest BCUT2D eigenvalue weighted by molar-refractivity contribution is 1.29. The maximum absolute atomic E-state index is 5.18. The summed E-state index contributed by atoms with van der Waals surface area (Å²) in [6, 6.07) is 46.0. The Kier molecular flexibility index (Phi) is 5.17. The van der Waals surface area contributed by atoms with E-state index in [4.69, 9.17) is 9.97 Å². The van der Waals surface area contributed by atoms with Crippen molar-refractivity contribution in [3.63, 3.8) is 0 Å². The molecule has 6 rings (SSSR count). The largest absolute Gasteiger partial charge is 0.244 e. The van der Waals surface area contributed by atoms with Gasteiger partial charge in [0, 0.05) is 11.1 Å². The molecule has 0 aliphatic heterocycles. The molecular formula is C32H22N2. The van der Waals surface area contributed by atoms with Gasteiger partial charge in [0.25, 0.3) is 0 Å². The Balaban J connectivity index is 1.67. The van der Waals surface area contributed by atoms with Crippen molar-refractivity contribution in [1.29, 1.82) is 0 Å². The van der Waals surface area contributed by atoms with E-state index in [9.17, 15) is 0 Å². The molecule has 0 aliphatic carbocycles. The first kappa shape index (κ1) is 20.1. The number of benzene rings is 5. The lowest BCUT2D eigenvalue weighted by Crippen LogP contribution is -1.97. The Morgan fingerprint density at radius 2 is 0.618 bits per heavy atom. The van der Waals surface area contributed by atoms with Gasteiger partial charge in [-0.05, 0) is 34.4 Å². The predicted octanol–water partition coefficient (Wildman–Crippen LogP) is 8.30. The first-order valence-electron chi connectivity index (χ1n) is 11.4. The van der Waals surface area contributed by atoms with E-state index in [1.54, 1.807) is 0 Å². The van der Waals surface area contributed by atoms with Crippen molar-refractivity contribution in [2.24, 2.45) is 0 Å². The first-order chi connectivity index (χ1) is 16.9. The van der Waals surface area contributed by atoms with Gasteiger partial charge in [0.1, 0.15) is 0 Å². The second-order valence-electron chi connectivity index (χ2n) is 8.27. The highest BCUT2D eigenvalue weighted by molar-refractivity contribution is 5.95. The van der Waals surface area contributed by atoms with Gasteiger partial charge in [0.2, 0.25) is 0 Å². The monoisotopic (exact) mass is 434 g/mol. The van der Waals surface area contributed by atoms with E-state index in [0.717, 1.165) is 44.7 Å². The molecule has 0 saturated heterocycles. The average molecular weight is 435 g/mol. The molecule has 0 amide bonds. The molecule has 0 bridgehead atoms. The van der Waals surface area contributed by atoms with Gasteiger partial charge < -0.3 is 0 Å². The third-order valence-corrected chi connectivity index (χ3v) is 6.07. The van der Waals surface area contributed by atoms with Crippen LogP contribution in [0.25, 0.3) is 55.8 Å². The van der Waals surface area contributed by atoms with Gasteiger partial charge in [0.05, 0.1) is 22.4 Å². The Morgan fingerprint density at radius 3 is 0.941 bits per heavy atom. The Bertz CT molecular complexity index is 1320. The summed E-state index contributed by atoms with van der Waals surface area (Å²) in [5, 5.41) is 0. The number of fused-ring (bicyclic) bond motifs is 1. The second-order valence-corrected chi connectivity index (χ2v) is 8.27. The van der Waals surface area contributed by atoms with Crippen LogP contribution in [0, 0.1) is 0 Å². The molecule has 0 N–H and O–H groups in total. The number of hydrogen-bond acceptors (Lipinski definition) is 2. The van der Waals surface area contributed by atoms with Crippen molar-refractivity contribution in [3.8, 4) is 44.8 Å². The molecule has 0 saturated carbocycles. The van der Waals surface area contributed by atoms with Gasteiger partial charge in [0.15, 0.2) is 0 Å². The molecule has 2 nitrogen and oxygen atoms in total. The van der Waals surface area contributed by atoms with Crippen LogP contribution < -0.4 is 0 Å². The standard InChI is InChI=1S/C32H22N2/c1-5-13-23(14-6-1)27-21-29-30(22-28(27)24-15-7-2-8-16-24)34-32(26-19-11-4-12-20-26)31(33-29)25-17-9-3-10-18-25/h1-22H. The van der Waals surface area contributed by atoms with Crippen LogP contribution in [0.15, 0.2) is 133 Å². The van der Waals surface area contributed by atoms with E-state index in [1.165, 1.54) is 11.1 Å². The first-order valence-corrected chi connectivity index (χ1v) is 11.4. The smallest absolute Gasteiger partial charge is 0.0973 e. The van der Waals surface area contributed by atoms with E-state index >= 15 is 0 Å². The highest BCUT2D eigenvalue weighted by Crippen LogP contribution is 2.37. The van der Waals surface area contributed by atoms with Crippen LogP contribution in [0.2, 0.25) is 0 Å². The Labute approximate surface area is 199 Å². The topological polar surface area (TPSA) is 25.8 Å². The fourth-order valence-electron chi connectivity index (χ4n) is 4.41. The zero-order chi connectivity index (χ0) is 22.7. The summed E-state index contributed by atoms with van der Waals surface area (Å²) in [4.78, 5) is 10.4. The lowest BCUT2D eigenvalue weighted by atomic mass is 9.93. The summed E-state index contributed by atoms with van der Waals surface area (Å²) in [6.07, 6.45) is 0. The predicted molar refractivity (Wildman–Crippen MR) is 141 cm³/mol. The number of nitrogens with zero attached hydrogens (tertiary/aromatic N) is 2. The minimum absolute atomic E-state index is 0.886. The zero-order valence-electron chi connectivity index (χ0n) is 18.6. The normalized spacial score (nSPS) is 10.9. The maximum Gasteiger partial charge on any atom is 0.0973 e. The quantitative estimate of drug-likeness (QED) is 0.279. The van der Waals surface area contributed by atoms with E-state index in [2.05, 4.69) is 84.9 Å². The van der Waals surface area contributed by atoms with E-state index in [-0.39, 0.29) is 0 Å². The van der Waals surface area contributed by atoms with Crippen LogP contribution in [-0.2, 0) is 0 Å². The van der Waals surface area contributed by atoms with Crippen LogP contribution in [-0.4, -0.2) is 9.97 Å². The molecule has 34 heavy (non-hydrogen) atoms. The summed E-state index contributed by atoms with van der Waals surface area (Å²) in [6.45, 7) is 0. The van der Waals surface area contributed by atoms with E-state index in [0.29, 0.717) is 0 Å². The van der Waals surface area contributed by atoms with Crippen molar-refractivity contribution in [1.82, 2.24) is 9.97 Å². The van der Waals surface area contributed by atoms with Gasteiger partial charge in [-0.1, -0.05) is 121 Å². The fourth-order valence-corrected chi connectivity index (χ4v) is 4.41. The molecule has 0 unspecified atom stereocenters. The van der Waals surface area contributed by atoms with Gasteiger partial charge in [-0.25, -0.2) is 9.97 Å². The molecule has 0 radical (unpaired) electrons. The molecule has 0 spiro atoms. The molecule has 1 heterocycles. The highest BCUT2D eigenvalue weighted by atomic mass is 14.8. The number of hydrogen-bond donors (Lipinski definition) is 0. The van der Waals surface area contributed by atoms with Crippen LogP contribution in [0.5, 0.6) is 0 Å². The summed E-state index contributed by atoms with van der Waals surface area (Å²) in [5.41, 5.74) is 10.3. The maximum atomic E-state index is 5.18. The molecule has 5 aromatic carbocycles. The SMILES string of the molecule is c1ccc(-c2cc3nc(-c4ccccc4)c(-c4ccccc4)nc3cc2-c2ccccc2)cc1. The molecule has 2 heteroatoms. The van der Waals surface area contributed by atoms with Gasteiger partial charge in [-0.3, -0.25) is 0 Å². The fraction of sp³-hybridized carbons (Fsp3) is 0. The third-order valence-electron chi connectivity index (χ3n) is 6.07. The second kappa shape index (κ2) is 8.76. The minimum atomic E-state index is 0.886. The number of rotatable bonds is 4. The lowest BCUT2D eigenvalue weighted by Gasteiger charge is -2.15. The van der Waals surface area contributed by atoms with Crippen molar-refractivity contribution in [2.75, 3.05) is 0 Å². The van der Waals surface area contributed by atoms with Crippen LogP contribution in [0.4, 0.5) is 0 Å². The molecule has 1 aromatic heterocycles. The van der Waals surface area contributed by atoms with E-state index < -0.39 is 0 Å². The highest BCUT2D eigenvalue weighted by Gasteiger charge is 2.16. The average Bonchev–Trinajstić information content (AvgIpc) is 2.93. The van der Waals surface area contributed by atoms with Crippen molar-refractivity contribution in [3.05, 3.63) is 133 Å². The van der Waals surface area contributed by atoms with E-state index in [1.807, 2.05) is 48.5 Å². The van der Waals surface area contributed by atoms with Crippen molar-refractivity contribution in [2.45, 2.75) is 0 Å². The summed E-state index contributed by atoms with van der Waals surface area (Å²) in [5.74, 6) is 0. The molecule has 6 aromatic rings. The Morgan fingerprint density at radius 1 is 0.324 bits per heavy atom. The summed E-state index contributed by atoms with van der Waals surface area (Å²) < 4.78 is 0. The minimum Gasteiger partial charge on any atom is -0.244 e. The molecule has 0 atom stereocenters. The summed E-state index contributed by atoms with van der Waals surface area (Å²) >= 11 is 0. The third kappa shape index (κ3) is 3.76. The Hall–Kier alpha value is -4.56. The van der Waals surface area contributed by atoms with Crippen molar-refractivity contribution < 1.29 is 0 Å². The molecule has 0 fully saturated rings. The van der Waals surface area contributed by atoms with Gasteiger partial charge in [-0.2, -0.15) is 0 Å². The molecule has 160 valence electrons. The zero-order valence-corrected chi connectivity index (χ0v) is 18.6. The number of aromatic nitrogens is 2. The van der Waals surface area contributed by atoms with Gasteiger partial charge >= 0.3 is 0 Å². The van der Waals surface area contributed by atoms with Crippen molar-refractivity contribution >= 4 is 11.0 Å². The van der Waals surface area contributed by atoms with Crippen LogP contribution in [0.3, 0.4) is 0 Å². The van der Waals surface area contributed by atoms with Crippen LogP contribution >= 0.6 is 0 Å². The van der Waals surface area contributed by atoms with Gasteiger partial charge in [-0.15, -0.1) is 0 Å². The molecule has 0 aliphatic rings. The molecular weight excluding hydrogens is 412 g/mol.